The summed E-state index contributed by atoms with van der Waals surface area (Å²) in [5.41, 5.74) is 9.09. The second-order valence-corrected chi connectivity index (χ2v) is 8.05. The Balaban J connectivity index is 1.40. The first-order chi connectivity index (χ1) is 14.6. The first kappa shape index (κ1) is 18.4. The van der Waals surface area contributed by atoms with Gasteiger partial charge in [-0.1, -0.05) is 68.4 Å². The van der Waals surface area contributed by atoms with Crippen molar-refractivity contribution in [3.63, 3.8) is 0 Å². The van der Waals surface area contributed by atoms with Crippen molar-refractivity contribution in [2.24, 2.45) is 0 Å². The fourth-order valence-corrected chi connectivity index (χ4v) is 3.75. The SMILES string of the molecule is Cc1ncc(-c2ccc(-c3ccc(-c4ccc5nc(C(C)C)[nH]c5c4)cc3)cc2)[nH]1. The Morgan fingerprint density at radius 3 is 1.83 bits per heavy atom. The van der Waals surface area contributed by atoms with Crippen LogP contribution in [0.3, 0.4) is 0 Å². The van der Waals surface area contributed by atoms with Crippen LogP contribution in [-0.2, 0) is 0 Å². The van der Waals surface area contributed by atoms with Crippen molar-refractivity contribution in [1.29, 1.82) is 0 Å². The first-order valence-electron chi connectivity index (χ1n) is 10.3. The van der Waals surface area contributed by atoms with Gasteiger partial charge in [0.2, 0.25) is 0 Å². The number of aryl methyl sites for hydroxylation is 1. The molecule has 148 valence electrons. The van der Waals surface area contributed by atoms with Crippen LogP contribution < -0.4 is 0 Å². The van der Waals surface area contributed by atoms with Gasteiger partial charge in [0.15, 0.2) is 0 Å². The van der Waals surface area contributed by atoms with E-state index in [4.69, 9.17) is 0 Å². The van der Waals surface area contributed by atoms with Crippen molar-refractivity contribution in [1.82, 2.24) is 19.9 Å². The molecule has 0 bridgehead atoms. The molecule has 2 aromatic heterocycles. The lowest BCUT2D eigenvalue weighted by atomic mass is 9.99. The van der Waals surface area contributed by atoms with E-state index in [1.807, 2.05) is 13.1 Å². The van der Waals surface area contributed by atoms with E-state index in [2.05, 4.69) is 101 Å². The zero-order valence-electron chi connectivity index (χ0n) is 17.4. The second-order valence-electron chi connectivity index (χ2n) is 8.05. The highest BCUT2D eigenvalue weighted by atomic mass is 14.9. The molecule has 0 aliphatic heterocycles. The largest absolute Gasteiger partial charge is 0.342 e. The van der Waals surface area contributed by atoms with Crippen molar-refractivity contribution < 1.29 is 0 Å². The topological polar surface area (TPSA) is 57.4 Å². The predicted molar refractivity (Wildman–Crippen MR) is 123 cm³/mol. The Morgan fingerprint density at radius 2 is 1.27 bits per heavy atom. The fourth-order valence-electron chi connectivity index (χ4n) is 3.75. The molecule has 0 saturated carbocycles. The Hall–Kier alpha value is -3.66. The molecule has 30 heavy (non-hydrogen) atoms. The Bertz CT molecular complexity index is 1310. The summed E-state index contributed by atoms with van der Waals surface area (Å²) >= 11 is 0. The third-order valence-electron chi connectivity index (χ3n) is 5.50. The van der Waals surface area contributed by atoms with Gasteiger partial charge in [0.05, 0.1) is 22.9 Å². The maximum Gasteiger partial charge on any atom is 0.109 e. The fraction of sp³-hybridized carbons (Fsp3) is 0.154. The number of aromatic amines is 2. The number of hydrogen-bond donors (Lipinski definition) is 2. The van der Waals surface area contributed by atoms with E-state index in [1.165, 1.54) is 22.3 Å². The van der Waals surface area contributed by atoms with Gasteiger partial charge >= 0.3 is 0 Å². The van der Waals surface area contributed by atoms with Crippen molar-refractivity contribution in [2.45, 2.75) is 26.7 Å². The molecule has 0 amide bonds. The molecule has 0 saturated heterocycles. The van der Waals surface area contributed by atoms with Crippen molar-refractivity contribution >= 4 is 11.0 Å². The molecule has 2 N–H and O–H groups in total. The number of nitrogens with one attached hydrogen (secondary N) is 2. The quantitative estimate of drug-likeness (QED) is 0.357. The van der Waals surface area contributed by atoms with Crippen LogP contribution in [0.2, 0.25) is 0 Å². The molecular weight excluding hydrogens is 368 g/mol. The van der Waals surface area contributed by atoms with Gasteiger partial charge in [0, 0.05) is 5.92 Å². The molecule has 0 aliphatic carbocycles. The third-order valence-corrected chi connectivity index (χ3v) is 5.50. The van der Waals surface area contributed by atoms with E-state index in [9.17, 15) is 0 Å². The van der Waals surface area contributed by atoms with E-state index >= 15 is 0 Å². The lowest BCUT2D eigenvalue weighted by Crippen LogP contribution is -1.88. The summed E-state index contributed by atoms with van der Waals surface area (Å²) in [6.45, 7) is 6.27. The summed E-state index contributed by atoms with van der Waals surface area (Å²) < 4.78 is 0. The standard InChI is InChI=1S/C26H24N4/c1-16(2)26-29-23-13-12-22(14-24(23)30-26)20-6-4-18(5-7-20)19-8-10-21(11-9-19)25-15-27-17(3)28-25/h4-16H,1-3H3,(H,27,28)(H,29,30). The van der Waals surface area contributed by atoms with Crippen molar-refractivity contribution in [3.8, 4) is 33.5 Å². The van der Waals surface area contributed by atoms with Gasteiger partial charge in [0.25, 0.3) is 0 Å². The average molecular weight is 393 g/mol. The number of nitrogens with zero attached hydrogens (tertiary/aromatic N) is 2. The third kappa shape index (κ3) is 3.41. The Labute approximate surface area is 176 Å². The minimum Gasteiger partial charge on any atom is -0.342 e. The average Bonchev–Trinajstić information content (AvgIpc) is 3.40. The molecule has 0 atom stereocenters. The Morgan fingerprint density at radius 1 is 0.700 bits per heavy atom. The number of rotatable bonds is 4. The van der Waals surface area contributed by atoms with Gasteiger partial charge in [-0.3, -0.25) is 0 Å². The van der Waals surface area contributed by atoms with Crippen LogP contribution in [0.1, 0.15) is 31.4 Å². The summed E-state index contributed by atoms with van der Waals surface area (Å²) in [6, 6.07) is 23.7. The van der Waals surface area contributed by atoms with Crippen LogP contribution >= 0.6 is 0 Å². The lowest BCUT2D eigenvalue weighted by molar-refractivity contribution is 0.799. The Kier molecular flexibility index (Phi) is 4.47. The zero-order valence-corrected chi connectivity index (χ0v) is 17.4. The molecule has 4 nitrogen and oxygen atoms in total. The van der Waals surface area contributed by atoms with Crippen LogP contribution in [0.4, 0.5) is 0 Å². The molecule has 0 fully saturated rings. The van der Waals surface area contributed by atoms with Crippen LogP contribution in [0.15, 0.2) is 72.9 Å². The lowest BCUT2D eigenvalue weighted by Gasteiger charge is -2.06. The molecule has 0 spiro atoms. The summed E-state index contributed by atoms with van der Waals surface area (Å²) in [6.07, 6.45) is 1.87. The van der Waals surface area contributed by atoms with Gasteiger partial charge < -0.3 is 9.97 Å². The van der Waals surface area contributed by atoms with Gasteiger partial charge in [0.1, 0.15) is 11.6 Å². The minimum absolute atomic E-state index is 0.392. The maximum absolute atomic E-state index is 4.67. The van der Waals surface area contributed by atoms with Crippen LogP contribution in [0, 0.1) is 6.92 Å². The highest BCUT2D eigenvalue weighted by Crippen LogP contribution is 2.29. The molecule has 5 aromatic rings. The highest BCUT2D eigenvalue weighted by Gasteiger charge is 2.08. The summed E-state index contributed by atoms with van der Waals surface area (Å²) in [7, 11) is 0. The molecular formula is C26H24N4. The molecule has 4 heteroatoms. The van der Waals surface area contributed by atoms with Gasteiger partial charge in [-0.05, 0) is 46.9 Å². The van der Waals surface area contributed by atoms with E-state index < -0.39 is 0 Å². The molecule has 0 unspecified atom stereocenters. The van der Waals surface area contributed by atoms with Gasteiger partial charge in [-0.15, -0.1) is 0 Å². The predicted octanol–water partition coefficient (Wildman–Crippen LogP) is 6.72. The summed E-state index contributed by atoms with van der Waals surface area (Å²) in [5.74, 6) is 2.36. The van der Waals surface area contributed by atoms with E-state index in [0.29, 0.717) is 5.92 Å². The molecule has 5 rings (SSSR count). The summed E-state index contributed by atoms with van der Waals surface area (Å²) in [5, 5.41) is 0. The van der Waals surface area contributed by atoms with Gasteiger partial charge in [-0.2, -0.15) is 0 Å². The maximum atomic E-state index is 4.67. The molecule has 0 aliphatic rings. The second kappa shape index (κ2) is 7.30. The van der Waals surface area contributed by atoms with Gasteiger partial charge in [-0.25, -0.2) is 9.97 Å². The first-order valence-corrected chi connectivity index (χ1v) is 10.3. The number of fused-ring (bicyclic) bond motifs is 1. The summed E-state index contributed by atoms with van der Waals surface area (Å²) in [4.78, 5) is 15.7. The molecule has 0 radical (unpaired) electrons. The highest BCUT2D eigenvalue weighted by molar-refractivity contribution is 5.82. The minimum atomic E-state index is 0.392. The van der Waals surface area contributed by atoms with Crippen LogP contribution in [-0.4, -0.2) is 19.9 Å². The van der Waals surface area contributed by atoms with Crippen molar-refractivity contribution in [2.75, 3.05) is 0 Å². The van der Waals surface area contributed by atoms with Crippen molar-refractivity contribution in [3.05, 3.63) is 84.6 Å². The van der Waals surface area contributed by atoms with Crippen LogP contribution in [0.5, 0.6) is 0 Å². The van der Waals surface area contributed by atoms with E-state index in [0.717, 1.165) is 33.9 Å². The number of hydrogen-bond acceptors (Lipinski definition) is 2. The van der Waals surface area contributed by atoms with E-state index in [1.54, 1.807) is 0 Å². The zero-order chi connectivity index (χ0) is 20.7. The monoisotopic (exact) mass is 392 g/mol. The normalized spacial score (nSPS) is 11.5. The number of imidazole rings is 2. The number of benzene rings is 3. The number of aromatic nitrogens is 4. The number of H-pyrrole nitrogens is 2. The van der Waals surface area contributed by atoms with E-state index in [-0.39, 0.29) is 0 Å². The van der Waals surface area contributed by atoms with Crippen LogP contribution in [0.25, 0.3) is 44.5 Å². The smallest absolute Gasteiger partial charge is 0.109 e. The molecule has 3 aromatic carbocycles. The molecule has 2 heterocycles.